The van der Waals surface area contributed by atoms with E-state index >= 15 is 0 Å². The van der Waals surface area contributed by atoms with Gasteiger partial charge in [-0.3, -0.25) is 0 Å². The lowest BCUT2D eigenvalue weighted by molar-refractivity contribution is 0.303. The molecule has 178 valence electrons. The van der Waals surface area contributed by atoms with Crippen molar-refractivity contribution in [2.24, 2.45) is 5.92 Å². The molecule has 1 saturated carbocycles. The molecule has 1 atom stereocenters. The normalized spacial score (nSPS) is 22.9. The Hall–Kier alpha value is -2.02. The van der Waals surface area contributed by atoms with Gasteiger partial charge in [0.1, 0.15) is 5.75 Å². The second kappa shape index (κ2) is 12.4. The van der Waals surface area contributed by atoms with Crippen LogP contribution in [0, 0.1) is 5.92 Å². The van der Waals surface area contributed by atoms with E-state index in [9.17, 15) is 0 Å². The fraction of sp³-hybridized carbons (Fsp3) is 0.562. The zero-order valence-electron chi connectivity index (χ0n) is 21.0. The minimum atomic E-state index is 0.655. The third kappa shape index (κ3) is 6.75. The van der Waals surface area contributed by atoms with Gasteiger partial charge in [-0.15, -0.1) is 0 Å². The zero-order valence-corrected chi connectivity index (χ0v) is 21.0. The molecule has 1 fully saturated rings. The summed E-state index contributed by atoms with van der Waals surface area (Å²) in [7, 11) is 0. The molecule has 2 aromatic rings. The summed E-state index contributed by atoms with van der Waals surface area (Å²) in [5.74, 6) is 3.47. The van der Waals surface area contributed by atoms with E-state index in [0.717, 1.165) is 43.5 Å². The van der Waals surface area contributed by atoms with Gasteiger partial charge in [-0.1, -0.05) is 75.1 Å². The Labute approximate surface area is 202 Å². The smallest absolute Gasteiger partial charge is 0.119 e. The number of hydrogen-bond donors (Lipinski definition) is 0. The fourth-order valence-corrected chi connectivity index (χ4v) is 6.03. The van der Waals surface area contributed by atoms with Gasteiger partial charge in [-0.2, -0.15) is 0 Å². The molecule has 0 aromatic heterocycles. The van der Waals surface area contributed by atoms with Gasteiger partial charge in [0.25, 0.3) is 0 Å². The lowest BCUT2D eigenvalue weighted by Crippen LogP contribution is -2.14. The molecular weight excluding hydrogens is 400 g/mol. The van der Waals surface area contributed by atoms with Crippen molar-refractivity contribution < 1.29 is 4.74 Å². The standard InChI is InChI=1S/C32H44O/c1-3-5-7-9-25-10-12-26(13-11-25)27-14-16-28(17-15-27)29-18-19-31-24-32(21-20-30(31)23-29)33-22-8-6-4-2/h4,6,14-17,20-21,24-26,29H,3,5,7-13,18-19,22-23H2,1-2H3. The Morgan fingerprint density at radius 2 is 1.61 bits per heavy atom. The Kier molecular flexibility index (Phi) is 9.09. The van der Waals surface area contributed by atoms with Crippen LogP contribution in [-0.2, 0) is 12.8 Å². The number of aryl methyl sites for hydroxylation is 1. The molecule has 0 bridgehead atoms. The summed E-state index contributed by atoms with van der Waals surface area (Å²) in [6, 6.07) is 16.5. The van der Waals surface area contributed by atoms with Crippen LogP contribution in [0.4, 0.5) is 0 Å². The van der Waals surface area contributed by atoms with E-state index in [1.165, 1.54) is 74.5 Å². The van der Waals surface area contributed by atoms with E-state index in [0.29, 0.717) is 5.92 Å². The summed E-state index contributed by atoms with van der Waals surface area (Å²) in [4.78, 5) is 0. The van der Waals surface area contributed by atoms with Crippen LogP contribution in [0.3, 0.4) is 0 Å². The average molecular weight is 445 g/mol. The van der Waals surface area contributed by atoms with Crippen LogP contribution in [0.1, 0.15) is 112 Å². The molecular formula is C32H44O. The summed E-state index contributed by atoms with van der Waals surface area (Å²) in [5, 5.41) is 0. The molecule has 1 heteroatoms. The van der Waals surface area contributed by atoms with Gasteiger partial charge >= 0.3 is 0 Å². The second-order valence-corrected chi connectivity index (χ2v) is 10.5. The van der Waals surface area contributed by atoms with Gasteiger partial charge in [0.15, 0.2) is 0 Å². The van der Waals surface area contributed by atoms with Crippen molar-refractivity contribution in [3.8, 4) is 5.75 Å². The molecule has 2 aliphatic carbocycles. The maximum absolute atomic E-state index is 5.94. The van der Waals surface area contributed by atoms with Gasteiger partial charge in [0.2, 0.25) is 0 Å². The number of unbranched alkanes of at least 4 members (excludes halogenated alkanes) is 2. The Balaban J connectivity index is 1.29. The van der Waals surface area contributed by atoms with E-state index in [2.05, 4.69) is 68.5 Å². The molecule has 0 spiro atoms. The SMILES string of the molecule is CC=CCCOc1ccc2c(c1)CCC(c1ccc(C3CCC(CCCCC)CC3)cc1)C2. The van der Waals surface area contributed by atoms with Crippen molar-refractivity contribution in [2.75, 3.05) is 6.61 Å². The van der Waals surface area contributed by atoms with Crippen molar-refractivity contribution in [1.82, 2.24) is 0 Å². The quantitative estimate of drug-likeness (QED) is 0.262. The van der Waals surface area contributed by atoms with Gasteiger partial charge in [-0.25, -0.2) is 0 Å². The van der Waals surface area contributed by atoms with Crippen LogP contribution in [0.5, 0.6) is 5.75 Å². The second-order valence-electron chi connectivity index (χ2n) is 10.5. The number of benzene rings is 2. The molecule has 0 radical (unpaired) electrons. The highest BCUT2D eigenvalue weighted by atomic mass is 16.5. The lowest BCUT2D eigenvalue weighted by Gasteiger charge is -2.29. The number of hydrogen-bond acceptors (Lipinski definition) is 1. The highest BCUT2D eigenvalue weighted by molar-refractivity contribution is 5.40. The van der Waals surface area contributed by atoms with E-state index in [4.69, 9.17) is 4.74 Å². The summed E-state index contributed by atoms with van der Waals surface area (Å²) >= 11 is 0. The van der Waals surface area contributed by atoms with Gasteiger partial charge in [0, 0.05) is 0 Å². The van der Waals surface area contributed by atoms with E-state index in [1.54, 1.807) is 5.56 Å². The average Bonchev–Trinajstić information content (AvgIpc) is 2.87. The molecule has 1 nitrogen and oxygen atoms in total. The topological polar surface area (TPSA) is 9.23 Å². The van der Waals surface area contributed by atoms with Crippen molar-refractivity contribution in [3.63, 3.8) is 0 Å². The van der Waals surface area contributed by atoms with Crippen molar-refractivity contribution in [3.05, 3.63) is 76.9 Å². The molecule has 2 aromatic carbocycles. The Morgan fingerprint density at radius 1 is 0.848 bits per heavy atom. The minimum Gasteiger partial charge on any atom is -0.493 e. The molecule has 2 aliphatic rings. The predicted molar refractivity (Wildman–Crippen MR) is 141 cm³/mol. The first kappa shape index (κ1) is 24.1. The van der Waals surface area contributed by atoms with Gasteiger partial charge in [-0.05, 0) is 110 Å². The van der Waals surface area contributed by atoms with Crippen molar-refractivity contribution in [2.45, 2.75) is 103 Å². The molecule has 4 rings (SSSR count). The molecule has 0 aliphatic heterocycles. The summed E-state index contributed by atoms with van der Waals surface area (Å²) in [5.41, 5.74) is 6.12. The van der Waals surface area contributed by atoms with Crippen LogP contribution < -0.4 is 4.74 Å². The van der Waals surface area contributed by atoms with Crippen molar-refractivity contribution in [1.29, 1.82) is 0 Å². The molecule has 0 N–H and O–H groups in total. The Bertz CT molecular complexity index is 870. The highest BCUT2D eigenvalue weighted by Gasteiger charge is 2.24. The van der Waals surface area contributed by atoms with E-state index < -0.39 is 0 Å². The van der Waals surface area contributed by atoms with E-state index in [1.807, 2.05) is 0 Å². The zero-order chi connectivity index (χ0) is 22.9. The summed E-state index contributed by atoms with van der Waals surface area (Å²) in [6.07, 6.45) is 20.1. The van der Waals surface area contributed by atoms with Crippen LogP contribution in [0.15, 0.2) is 54.6 Å². The van der Waals surface area contributed by atoms with Gasteiger partial charge < -0.3 is 4.74 Å². The first-order valence-corrected chi connectivity index (χ1v) is 13.7. The minimum absolute atomic E-state index is 0.655. The van der Waals surface area contributed by atoms with Crippen LogP contribution in [-0.4, -0.2) is 6.61 Å². The van der Waals surface area contributed by atoms with E-state index in [-0.39, 0.29) is 0 Å². The Morgan fingerprint density at radius 3 is 2.33 bits per heavy atom. The molecule has 0 amide bonds. The fourth-order valence-electron chi connectivity index (χ4n) is 6.03. The third-order valence-electron chi connectivity index (χ3n) is 8.14. The summed E-state index contributed by atoms with van der Waals surface area (Å²) < 4.78 is 5.94. The third-order valence-corrected chi connectivity index (χ3v) is 8.14. The number of rotatable bonds is 10. The first-order chi connectivity index (χ1) is 16.3. The molecule has 1 unspecified atom stereocenters. The first-order valence-electron chi connectivity index (χ1n) is 13.7. The number of ether oxygens (including phenoxy) is 1. The van der Waals surface area contributed by atoms with Crippen LogP contribution in [0.25, 0.3) is 0 Å². The maximum Gasteiger partial charge on any atom is 0.119 e. The molecule has 33 heavy (non-hydrogen) atoms. The van der Waals surface area contributed by atoms with Gasteiger partial charge in [0.05, 0.1) is 6.61 Å². The molecule has 0 saturated heterocycles. The lowest BCUT2D eigenvalue weighted by atomic mass is 9.76. The molecule has 0 heterocycles. The van der Waals surface area contributed by atoms with Crippen LogP contribution >= 0.6 is 0 Å². The summed E-state index contributed by atoms with van der Waals surface area (Å²) in [6.45, 7) is 5.13. The largest absolute Gasteiger partial charge is 0.493 e. The highest BCUT2D eigenvalue weighted by Crippen LogP contribution is 2.39. The van der Waals surface area contributed by atoms with Crippen LogP contribution in [0.2, 0.25) is 0 Å². The predicted octanol–water partition coefficient (Wildman–Crippen LogP) is 9.16. The maximum atomic E-state index is 5.94. The van der Waals surface area contributed by atoms with Crippen molar-refractivity contribution >= 4 is 0 Å². The number of allylic oxidation sites excluding steroid dienone is 1. The monoisotopic (exact) mass is 444 g/mol. The number of fused-ring (bicyclic) bond motifs is 1.